The summed E-state index contributed by atoms with van der Waals surface area (Å²) in [5.41, 5.74) is 4.73. The Labute approximate surface area is 105 Å². The van der Waals surface area contributed by atoms with Crippen molar-refractivity contribution in [2.75, 3.05) is 7.11 Å². The first-order valence-corrected chi connectivity index (χ1v) is 5.72. The number of hydrogen-bond donors (Lipinski definition) is 1. The molecule has 0 unspecified atom stereocenters. The Hall–Kier alpha value is -2.07. The van der Waals surface area contributed by atoms with Gasteiger partial charge in [-0.2, -0.15) is 0 Å². The molecule has 2 aromatic rings. The van der Waals surface area contributed by atoms with Crippen LogP contribution in [0, 0.1) is 0 Å². The van der Waals surface area contributed by atoms with Gasteiger partial charge in [-0.05, 0) is 16.8 Å². The van der Waals surface area contributed by atoms with Gasteiger partial charge in [0.2, 0.25) is 0 Å². The van der Waals surface area contributed by atoms with Gasteiger partial charge in [-0.3, -0.25) is 0 Å². The van der Waals surface area contributed by atoms with Crippen LogP contribution in [-0.4, -0.2) is 13.1 Å². The van der Waals surface area contributed by atoms with Gasteiger partial charge in [0.05, 0.1) is 12.7 Å². The second-order valence-electron chi connectivity index (χ2n) is 4.18. The summed E-state index contributed by atoms with van der Waals surface area (Å²) in [7, 11) is 1.57. The molecule has 94 valence electrons. The van der Waals surface area contributed by atoms with Crippen LogP contribution in [0.4, 0.5) is 0 Å². The predicted octanol–water partition coefficient (Wildman–Crippen LogP) is 0.271. The largest absolute Gasteiger partial charge is 0.550 e. The average Bonchev–Trinajstić information content (AvgIpc) is 2.36. The Balaban J connectivity index is 2.60. The zero-order chi connectivity index (χ0) is 13.1. The normalized spacial score (nSPS) is 12.3. The molecular weight excluding hydrogens is 230 g/mol. The van der Waals surface area contributed by atoms with Crippen LogP contribution in [0.15, 0.2) is 36.4 Å². The second-order valence-corrected chi connectivity index (χ2v) is 4.18. The van der Waals surface area contributed by atoms with Gasteiger partial charge in [0.1, 0.15) is 11.8 Å². The molecule has 0 radical (unpaired) electrons. The number of quaternary nitrogens is 1. The molecule has 0 aliphatic heterocycles. The van der Waals surface area contributed by atoms with E-state index in [1.165, 1.54) is 0 Å². The topological polar surface area (TPSA) is 77.0 Å². The number of carbonyl (C=O) groups is 1. The third-order valence-electron chi connectivity index (χ3n) is 2.97. The molecule has 0 saturated carbocycles. The van der Waals surface area contributed by atoms with Crippen molar-refractivity contribution in [3.63, 3.8) is 0 Å². The average molecular weight is 245 g/mol. The van der Waals surface area contributed by atoms with Gasteiger partial charge in [-0.15, -0.1) is 0 Å². The van der Waals surface area contributed by atoms with Crippen molar-refractivity contribution < 1.29 is 20.4 Å². The first kappa shape index (κ1) is 12.4. The Morgan fingerprint density at radius 3 is 2.72 bits per heavy atom. The van der Waals surface area contributed by atoms with E-state index in [9.17, 15) is 9.90 Å². The number of carboxylic acids is 1. The summed E-state index contributed by atoms with van der Waals surface area (Å²) in [5, 5.41) is 12.7. The van der Waals surface area contributed by atoms with Crippen LogP contribution < -0.4 is 15.6 Å². The molecule has 0 saturated heterocycles. The van der Waals surface area contributed by atoms with Crippen molar-refractivity contribution in [2.24, 2.45) is 0 Å². The number of benzene rings is 2. The Kier molecular flexibility index (Phi) is 3.48. The molecule has 0 fully saturated rings. The second kappa shape index (κ2) is 5.06. The third-order valence-corrected chi connectivity index (χ3v) is 2.97. The van der Waals surface area contributed by atoms with E-state index in [-0.39, 0.29) is 6.42 Å². The number of ether oxygens (including phenoxy) is 1. The molecule has 4 nitrogen and oxygen atoms in total. The highest BCUT2D eigenvalue weighted by molar-refractivity contribution is 5.88. The molecule has 0 aliphatic carbocycles. The maximum Gasteiger partial charge on any atom is 0.128 e. The highest BCUT2D eigenvalue weighted by Gasteiger charge is 2.18. The molecule has 2 aromatic carbocycles. The van der Waals surface area contributed by atoms with E-state index in [4.69, 9.17) is 4.74 Å². The van der Waals surface area contributed by atoms with E-state index in [2.05, 4.69) is 5.73 Å². The van der Waals surface area contributed by atoms with Gasteiger partial charge in [-0.25, -0.2) is 0 Å². The Morgan fingerprint density at radius 1 is 1.33 bits per heavy atom. The highest BCUT2D eigenvalue weighted by atomic mass is 16.5. The molecular formula is C14H15NO3. The fourth-order valence-corrected chi connectivity index (χ4v) is 2.18. The number of aliphatic carboxylic acids is 1. The predicted molar refractivity (Wildman–Crippen MR) is 65.8 cm³/mol. The first-order chi connectivity index (χ1) is 8.63. The minimum absolute atomic E-state index is 0.121. The fourth-order valence-electron chi connectivity index (χ4n) is 2.18. The minimum Gasteiger partial charge on any atom is -0.550 e. The lowest BCUT2D eigenvalue weighted by molar-refractivity contribution is -0.430. The number of methoxy groups -OCH3 is 1. The Morgan fingerprint density at radius 2 is 2.06 bits per heavy atom. The summed E-state index contributed by atoms with van der Waals surface area (Å²) in [4.78, 5) is 10.7. The van der Waals surface area contributed by atoms with Gasteiger partial charge in [0.15, 0.2) is 0 Å². The minimum atomic E-state index is -1.11. The van der Waals surface area contributed by atoms with Crippen molar-refractivity contribution in [2.45, 2.75) is 12.5 Å². The van der Waals surface area contributed by atoms with E-state index in [1.807, 2.05) is 36.4 Å². The van der Waals surface area contributed by atoms with E-state index < -0.39 is 12.0 Å². The quantitative estimate of drug-likeness (QED) is 0.840. The van der Waals surface area contributed by atoms with E-state index >= 15 is 0 Å². The summed E-state index contributed by atoms with van der Waals surface area (Å²) < 4.78 is 5.30. The molecule has 4 heteroatoms. The first-order valence-electron chi connectivity index (χ1n) is 5.72. The van der Waals surface area contributed by atoms with Crippen molar-refractivity contribution >= 4 is 16.7 Å². The fraction of sp³-hybridized carbons (Fsp3) is 0.214. The molecule has 0 heterocycles. The number of carbonyl (C=O) groups excluding carboxylic acids is 1. The van der Waals surface area contributed by atoms with Crippen LogP contribution in [0.25, 0.3) is 10.8 Å². The van der Waals surface area contributed by atoms with Crippen LogP contribution in [-0.2, 0) is 4.79 Å². The molecule has 1 atom stereocenters. The molecule has 0 aliphatic rings. The van der Waals surface area contributed by atoms with E-state index in [0.29, 0.717) is 5.75 Å². The van der Waals surface area contributed by atoms with Crippen LogP contribution in [0.1, 0.15) is 18.0 Å². The molecule has 0 amide bonds. The molecule has 0 bridgehead atoms. The summed E-state index contributed by atoms with van der Waals surface area (Å²) in [6.45, 7) is 0. The number of carboxylic acid groups (broad SMARTS) is 1. The van der Waals surface area contributed by atoms with Crippen LogP contribution >= 0.6 is 0 Å². The smallest absolute Gasteiger partial charge is 0.128 e. The number of rotatable bonds is 4. The van der Waals surface area contributed by atoms with E-state index in [0.717, 1.165) is 16.3 Å². The van der Waals surface area contributed by atoms with Gasteiger partial charge in [0, 0.05) is 12.4 Å². The maximum atomic E-state index is 10.7. The monoisotopic (exact) mass is 245 g/mol. The standard InChI is InChI=1S/C14H15NO3/c1-18-12-7-6-9-4-2-3-5-10(9)14(12)11(15)8-13(16)17/h2-7,11H,8,15H2,1H3,(H,16,17)/t11-/m0/s1. The highest BCUT2D eigenvalue weighted by Crippen LogP contribution is 2.32. The Bertz CT molecular complexity index is 580. The third kappa shape index (κ3) is 2.28. The van der Waals surface area contributed by atoms with Gasteiger partial charge in [-0.1, -0.05) is 30.3 Å². The lowest BCUT2D eigenvalue weighted by Crippen LogP contribution is -2.55. The summed E-state index contributed by atoms with van der Waals surface area (Å²) >= 11 is 0. The molecule has 2 rings (SSSR count). The van der Waals surface area contributed by atoms with Crippen LogP contribution in [0.5, 0.6) is 5.75 Å². The lowest BCUT2D eigenvalue weighted by atomic mass is 9.96. The zero-order valence-electron chi connectivity index (χ0n) is 10.2. The SMILES string of the molecule is COc1ccc2ccccc2c1[C@@H]([NH3+])CC(=O)[O-]. The van der Waals surface area contributed by atoms with Gasteiger partial charge < -0.3 is 20.4 Å². The van der Waals surface area contributed by atoms with Crippen molar-refractivity contribution in [3.05, 3.63) is 42.0 Å². The van der Waals surface area contributed by atoms with Crippen molar-refractivity contribution in [1.29, 1.82) is 0 Å². The maximum absolute atomic E-state index is 10.7. The summed E-state index contributed by atoms with van der Waals surface area (Å²) in [6.07, 6.45) is -0.121. The van der Waals surface area contributed by atoms with Crippen molar-refractivity contribution in [3.8, 4) is 5.75 Å². The summed E-state index contributed by atoms with van der Waals surface area (Å²) in [5.74, 6) is -0.445. The lowest BCUT2D eigenvalue weighted by Gasteiger charge is -2.16. The van der Waals surface area contributed by atoms with E-state index in [1.54, 1.807) is 7.11 Å². The molecule has 18 heavy (non-hydrogen) atoms. The summed E-state index contributed by atoms with van der Waals surface area (Å²) in [6, 6.07) is 11.2. The zero-order valence-corrected chi connectivity index (χ0v) is 10.2. The van der Waals surface area contributed by atoms with Crippen molar-refractivity contribution in [1.82, 2.24) is 0 Å². The van der Waals surface area contributed by atoms with Gasteiger partial charge in [0.25, 0.3) is 0 Å². The molecule has 0 spiro atoms. The van der Waals surface area contributed by atoms with Gasteiger partial charge >= 0.3 is 0 Å². The molecule has 0 aromatic heterocycles. The number of hydrogen-bond acceptors (Lipinski definition) is 3. The van der Waals surface area contributed by atoms with Crippen LogP contribution in [0.2, 0.25) is 0 Å². The number of fused-ring (bicyclic) bond motifs is 1. The van der Waals surface area contributed by atoms with Crippen LogP contribution in [0.3, 0.4) is 0 Å². The molecule has 3 N–H and O–H groups in total.